The van der Waals surface area contributed by atoms with Gasteiger partial charge in [-0.05, 0) is 52.9 Å². The number of ether oxygens (including phenoxy) is 2. The summed E-state index contributed by atoms with van der Waals surface area (Å²) in [6, 6.07) is 18.5. The van der Waals surface area contributed by atoms with Gasteiger partial charge in [-0.25, -0.2) is 0 Å². The summed E-state index contributed by atoms with van der Waals surface area (Å²) in [6.07, 6.45) is 0. The molecule has 0 radical (unpaired) electrons. The Bertz CT molecular complexity index is 1160. The molecule has 0 saturated heterocycles. The lowest BCUT2D eigenvalue weighted by Gasteiger charge is -2.12. The van der Waals surface area contributed by atoms with Gasteiger partial charge in [-0.15, -0.1) is 0 Å². The van der Waals surface area contributed by atoms with Crippen LogP contribution in [0.1, 0.15) is 21.5 Å². The summed E-state index contributed by atoms with van der Waals surface area (Å²) in [5, 5.41) is 7.91. The summed E-state index contributed by atoms with van der Waals surface area (Å²) in [5.41, 5.74) is 10.5. The van der Waals surface area contributed by atoms with Gasteiger partial charge in [-0.3, -0.25) is 4.79 Å². The van der Waals surface area contributed by atoms with Crippen molar-refractivity contribution in [3.05, 3.63) is 95.9 Å². The number of thioether (sulfide) groups is 1. The van der Waals surface area contributed by atoms with E-state index in [1.165, 1.54) is 11.8 Å². The molecule has 0 heterocycles. The first-order chi connectivity index (χ1) is 15.9. The molecule has 7 heteroatoms. The van der Waals surface area contributed by atoms with Crippen LogP contribution in [-0.4, -0.2) is 20.1 Å². The van der Waals surface area contributed by atoms with Gasteiger partial charge in [0, 0.05) is 28.8 Å². The average Bonchev–Trinajstić information content (AvgIpc) is 2.84. The van der Waals surface area contributed by atoms with E-state index < -0.39 is 0 Å². The van der Waals surface area contributed by atoms with Crippen LogP contribution >= 0.6 is 11.8 Å². The molecule has 0 spiro atoms. The maximum absolute atomic E-state index is 12.7. The topological polar surface area (TPSA) is 85.6 Å². The molecule has 0 aliphatic heterocycles. The number of methoxy groups -OCH3 is 2. The number of nitrogen functional groups attached to an aromatic ring is 1. The predicted octanol–water partition coefficient (Wildman–Crippen LogP) is 6.00. The number of benzene rings is 3. The van der Waals surface area contributed by atoms with Crippen molar-refractivity contribution < 1.29 is 14.3 Å². The van der Waals surface area contributed by atoms with Crippen LogP contribution in [0.4, 0.5) is 17.1 Å². The molecule has 0 fully saturated rings. The van der Waals surface area contributed by atoms with Crippen molar-refractivity contribution in [3.63, 3.8) is 0 Å². The smallest absolute Gasteiger partial charge is 0.255 e. The second-order valence-corrected chi connectivity index (χ2v) is 8.15. The van der Waals surface area contributed by atoms with Crippen LogP contribution in [0.2, 0.25) is 0 Å². The monoisotopic (exact) mass is 461 g/mol. The lowest BCUT2D eigenvalue weighted by molar-refractivity contribution is 0.102. The summed E-state index contributed by atoms with van der Waals surface area (Å²) in [7, 11) is 3.21. The van der Waals surface area contributed by atoms with Crippen LogP contribution in [0, 0.1) is 0 Å². The van der Waals surface area contributed by atoms with Crippen molar-refractivity contribution >= 4 is 39.6 Å². The van der Waals surface area contributed by atoms with Gasteiger partial charge in [-0.2, -0.15) is 0 Å². The third-order valence-corrected chi connectivity index (χ3v) is 5.63. The Labute approximate surface area is 198 Å². The largest absolute Gasteiger partial charge is 0.493 e. The molecule has 170 valence electrons. The minimum Gasteiger partial charge on any atom is -0.493 e. The number of nitrogens with one attached hydrogen (secondary N) is 2. The first-order valence-electron chi connectivity index (χ1n) is 10.2. The highest BCUT2D eigenvalue weighted by Crippen LogP contribution is 2.31. The maximum Gasteiger partial charge on any atom is 0.255 e. The minimum atomic E-state index is -0.229. The molecule has 3 aromatic rings. The number of hydrogen-bond acceptors (Lipinski definition) is 6. The molecule has 6 nitrogen and oxygen atoms in total. The summed E-state index contributed by atoms with van der Waals surface area (Å²) in [4.78, 5) is 13.5. The highest BCUT2D eigenvalue weighted by atomic mass is 32.2. The Hall–Kier alpha value is -3.84. The summed E-state index contributed by atoms with van der Waals surface area (Å²) >= 11 is 1.43. The molecule has 0 aromatic heterocycles. The number of rotatable bonds is 10. The average molecular weight is 462 g/mol. The highest BCUT2D eigenvalue weighted by Gasteiger charge is 2.10. The molecule has 4 N–H and O–H groups in total. The molecular weight excluding hydrogens is 434 g/mol. The molecule has 0 bridgehead atoms. The zero-order chi connectivity index (χ0) is 23.8. The molecule has 0 atom stereocenters. The van der Waals surface area contributed by atoms with Crippen molar-refractivity contribution in [1.82, 2.24) is 0 Å². The number of anilines is 3. The van der Waals surface area contributed by atoms with Crippen molar-refractivity contribution in [2.75, 3.05) is 30.6 Å². The fourth-order valence-corrected chi connectivity index (χ4v) is 3.60. The molecule has 0 saturated carbocycles. The van der Waals surface area contributed by atoms with Gasteiger partial charge >= 0.3 is 0 Å². The zero-order valence-electron chi connectivity index (χ0n) is 18.7. The fourth-order valence-electron chi connectivity index (χ4n) is 3.14. The molecule has 0 aliphatic carbocycles. The van der Waals surface area contributed by atoms with E-state index in [0.29, 0.717) is 35.0 Å². The summed E-state index contributed by atoms with van der Waals surface area (Å²) in [5.74, 6) is 1.10. The molecular formula is C26H27N3O3S. The minimum absolute atomic E-state index is 0.229. The van der Waals surface area contributed by atoms with Crippen molar-refractivity contribution in [1.29, 1.82) is 0 Å². The van der Waals surface area contributed by atoms with E-state index in [-0.39, 0.29) is 5.91 Å². The Morgan fingerprint density at radius 3 is 2.33 bits per heavy atom. The van der Waals surface area contributed by atoms with Crippen LogP contribution in [0.5, 0.6) is 11.5 Å². The van der Waals surface area contributed by atoms with Gasteiger partial charge in [-0.1, -0.05) is 43.1 Å². The Morgan fingerprint density at radius 2 is 1.70 bits per heavy atom. The summed E-state index contributed by atoms with van der Waals surface area (Å²) < 4.78 is 10.6. The standard InChI is InChI=1S/C26H27N3O3S/c1-5-33-17(2)20-10-12-23(22(27)14-20)29-26(30)19-8-6-18(7-9-19)16-28-21-11-13-24(31-3)25(15-21)32-4/h5-15,28H,1-2,16,27H2,3-4H3,(H,29,30). The van der Waals surface area contributed by atoms with E-state index in [1.54, 1.807) is 43.9 Å². The van der Waals surface area contributed by atoms with Crippen LogP contribution in [0.25, 0.3) is 4.91 Å². The van der Waals surface area contributed by atoms with Crippen LogP contribution < -0.4 is 25.8 Å². The second-order valence-electron chi connectivity index (χ2n) is 7.08. The fraction of sp³-hybridized carbons (Fsp3) is 0.115. The number of carbonyl (C=O) groups is 1. The Kier molecular flexibility index (Phi) is 8.05. The molecule has 33 heavy (non-hydrogen) atoms. The molecule has 1 amide bonds. The van der Waals surface area contributed by atoms with E-state index in [0.717, 1.165) is 21.7 Å². The van der Waals surface area contributed by atoms with Crippen LogP contribution in [0.3, 0.4) is 0 Å². The number of hydrogen-bond donors (Lipinski definition) is 3. The normalized spacial score (nSPS) is 10.2. The number of carbonyl (C=O) groups excluding carboxylic acids is 1. The van der Waals surface area contributed by atoms with Gasteiger partial charge in [0.15, 0.2) is 11.5 Å². The number of amides is 1. The first-order valence-corrected chi connectivity index (χ1v) is 11.1. The van der Waals surface area contributed by atoms with E-state index >= 15 is 0 Å². The SMILES string of the molecule is C=CSC(=C)c1ccc(NC(=O)c2ccc(CNc3ccc(OC)c(OC)c3)cc2)c(N)c1. The van der Waals surface area contributed by atoms with Crippen molar-refractivity contribution in [2.24, 2.45) is 0 Å². The summed E-state index contributed by atoms with van der Waals surface area (Å²) in [6.45, 7) is 8.27. The quantitative estimate of drug-likeness (QED) is 0.321. The van der Waals surface area contributed by atoms with E-state index in [1.807, 2.05) is 36.4 Å². The van der Waals surface area contributed by atoms with Crippen LogP contribution in [-0.2, 0) is 6.54 Å². The van der Waals surface area contributed by atoms with Crippen LogP contribution in [0.15, 0.2) is 79.2 Å². The first kappa shape index (κ1) is 23.8. The van der Waals surface area contributed by atoms with Gasteiger partial charge in [0.25, 0.3) is 5.91 Å². The molecule has 3 aromatic carbocycles. The van der Waals surface area contributed by atoms with Gasteiger partial charge in [0.1, 0.15) is 0 Å². The lowest BCUT2D eigenvalue weighted by atomic mass is 10.1. The van der Waals surface area contributed by atoms with Gasteiger partial charge in [0.05, 0.1) is 25.6 Å². The maximum atomic E-state index is 12.7. The molecule has 0 unspecified atom stereocenters. The second kappa shape index (κ2) is 11.2. The number of nitrogens with two attached hydrogens (primary N) is 1. The lowest BCUT2D eigenvalue weighted by Crippen LogP contribution is -2.13. The zero-order valence-corrected chi connectivity index (χ0v) is 19.5. The molecule has 3 rings (SSSR count). The van der Waals surface area contributed by atoms with Crippen molar-refractivity contribution in [3.8, 4) is 11.5 Å². The van der Waals surface area contributed by atoms with Gasteiger partial charge < -0.3 is 25.8 Å². The molecule has 0 aliphatic rings. The van der Waals surface area contributed by atoms with E-state index in [2.05, 4.69) is 23.8 Å². The Morgan fingerprint density at radius 1 is 1.00 bits per heavy atom. The Balaban J connectivity index is 1.61. The predicted molar refractivity (Wildman–Crippen MR) is 139 cm³/mol. The highest BCUT2D eigenvalue weighted by molar-refractivity contribution is 8.10. The third-order valence-electron chi connectivity index (χ3n) is 4.94. The van der Waals surface area contributed by atoms with E-state index in [4.69, 9.17) is 15.2 Å². The van der Waals surface area contributed by atoms with Crippen molar-refractivity contribution in [2.45, 2.75) is 6.54 Å². The van der Waals surface area contributed by atoms with E-state index in [9.17, 15) is 4.79 Å². The van der Waals surface area contributed by atoms with Gasteiger partial charge in [0.2, 0.25) is 0 Å². The third kappa shape index (κ3) is 6.11.